The number of hydrogen-bond donors (Lipinski definition) is 1. The van der Waals surface area contributed by atoms with Crippen LogP contribution in [0.1, 0.15) is 5.56 Å². The van der Waals surface area contributed by atoms with Crippen LogP contribution in [0.4, 0.5) is 0 Å². The molecule has 1 aromatic rings. The molecule has 1 rings (SSSR count). The molecule has 0 aromatic heterocycles. The maximum Gasteiger partial charge on any atom is 0.384 e. The van der Waals surface area contributed by atoms with Gasteiger partial charge in [0, 0.05) is 11.5 Å². The molecule has 4 heteroatoms. The van der Waals surface area contributed by atoms with Crippen LogP contribution in [-0.2, 0) is 9.53 Å². The lowest BCUT2D eigenvalue weighted by Crippen LogP contribution is -1.94. The van der Waals surface area contributed by atoms with Gasteiger partial charge in [0.25, 0.3) is 0 Å². The van der Waals surface area contributed by atoms with Crippen LogP contribution in [-0.4, -0.2) is 18.2 Å². The number of phenols is 1. The molecule has 0 amide bonds. The van der Waals surface area contributed by atoms with Gasteiger partial charge in [0.2, 0.25) is 0 Å². The van der Waals surface area contributed by atoms with Crippen LogP contribution in [0.3, 0.4) is 0 Å². The fourth-order valence-electron chi connectivity index (χ4n) is 0.775. The van der Waals surface area contributed by atoms with Gasteiger partial charge in [-0.25, -0.2) is 4.79 Å². The third kappa shape index (κ3) is 2.68. The second-order valence-electron chi connectivity index (χ2n) is 2.41. The number of esters is 1. The number of hydrogen-bond acceptors (Lipinski definition) is 3. The summed E-state index contributed by atoms with van der Waals surface area (Å²) in [7, 11) is 1.25. The van der Waals surface area contributed by atoms with Crippen LogP contribution in [0.5, 0.6) is 5.75 Å². The van der Waals surface area contributed by atoms with E-state index in [0.717, 1.165) is 0 Å². The molecule has 0 aliphatic rings. The van der Waals surface area contributed by atoms with Gasteiger partial charge in [0.1, 0.15) is 5.75 Å². The van der Waals surface area contributed by atoms with E-state index in [0.29, 0.717) is 10.6 Å². The molecule has 0 unspecified atom stereocenters. The second-order valence-corrected chi connectivity index (χ2v) is 2.81. The standard InChI is InChI=1S/C10H7ClO3/c1-14-10(13)5-3-7-2-4-8(12)6-9(7)11/h2,4,6,12H,1H3. The number of carbonyl (C=O) groups is 1. The van der Waals surface area contributed by atoms with Crippen molar-refractivity contribution in [2.24, 2.45) is 0 Å². The topological polar surface area (TPSA) is 46.5 Å². The molecular formula is C10H7ClO3. The van der Waals surface area contributed by atoms with E-state index in [1.165, 1.54) is 25.3 Å². The SMILES string of the molecule is COC(=O)C#Cc1ccc(O)cc1Cl. The number of benzene rings is 1. The van der Waals surface area contributed by atoms with Crippen molar-refractivity contribution in [1.82, 2.24) is 0 Å². The first-order valence-electron chi connectivity index (χ1n) is 3.72. The highest BCUT2D eigenvalue weighted by atomic mass is 35.5. The average molecular weight is 211 g/mol. The number of halogens is 1. The summed E-state index contributed by atoms with van der Waals surface area (Å²) in [5.41, 5.74) is 0.467. The predicted octanol–water partition coefficient (Wildman–Crippen LogP) is 1.57. The van der Waals surface area contributed by atoms with Crippen LogP contribution >= 0.6 is 11.6 Å². The van der Waals surface area contributed by atoms with Gasteiger partial charge in [0.15, 0.2) is 0 Å². The maximum atomic E-state index is 10.7. The van der Waals surface area contributed by atoms with Crippen molar-refractivity contribution in [2.75, 3.05) is 7.11 Å². The summed E-state index contributed by atoms with van der Waals surface area (Å²) in [6.07, 6.45) is 0. The van der Waals surface area contributed by atoms with Crippen LogP contribution in [0.2, 0.25) is 5.02 Å². The molecule has 3 nitrogen and oxygen atoms in total. The molecular weight excluding hydrogens is 204 g/mol. The Balaban J connectivity index is 2.96. The minimum absolute atomic E-state index is 0.0543. The highest BCUT2D eigenvalue weighted by Crippen LogP contribution is 2.20. The lowest BCUT2D eigenvalue weighted by molar-refractivity contribution is -0.133. The van der Waals surface area contributed by atoms with Crippen molar-refractivity contribution in [3.05, 3.63) is 28.8 Å². The first-order chi connectivity index (χ1) is 6.63. The number of phenolic OH excluding ortho intramolecular Hbond substituents is 1. The first-order valence-corrected chi connectivity index (χ1v) is 4.10. The number of ether oxygens (including phenoxy) is 1. The van der Waals surface area contributed by atoms with Crippen molar-refractivity contribution >= 4 is 17.6 Å². The Morgan fingerprint density at radius 3 is 2.86 bits per heavy atom. The second kappa shape index (κ2) is 4.54. The molecule has 0 aliphatic heterocycles. The Hall–Kier alpha value is -1.66. The fourth-order valence-corrected chi connectivity index (χ4v) is 0.997. The molecule has 0 atom stereocenters. The normalized spacial score (nSPS) is 8.71. The van der Waals surface area contributed by atoms with Gasteiger partial charge in [-0.3, -0.25) is 0 Å². The Labute approximate surface area is 86.3 Å². The molecule has 0 spiro atoms. The zero-order chi connectivity index (χ0) is 10.6. The Kier molecular flexibility index (Phi) is 3.38. The van der Waals surface area contributed by atoms with Crippen LogP contribution in [0.15, 0.2) is 18.2 Å². The fraction of sp³-hybridized carbons (Fsp3) is 0.100. The smallest absolute Gasteiger partial charge is 0.384 e. The molecule has 0 bridgehead atoms. The van der Waals surface area contributed by atoms with Gasteiger partial charge < -0.3 is 9.84 Å². The molecule has 1 N–H and O–H groups in total. The maximum absolute atomic E-state index is 10.7. The highest BCUT2D eigenvalue weighted by Gasteiger charge is 1.98. The van der Waals surface area contributed by atoms with Crippen molar-refractivity contribution in [2.45, 2.75) is 0 Å². The van der Waals surface area contributed by atoms with E-state index in [1.807, 2.05) is 0 Å². The van der Waals surface area contributed by atoms with Crippen molar-refractivity contribution in [3.8, 4) is 17.6 Å². The zero-order valence-corrected chi connectivity index (χ0v) is 8.13. The lowest BCUT2D eigenvalue weighted by Gasteiger charge is -1.95. The van der Waals surface area contributed by atoms with Gasteiger partial charge in [0.05, 0.1) is 12.1 Å². The monoisotopic (exact) mass is 210 g/mol. The summed E-state index contributed by atoms with van der Waals surface area (Å²) in [4.78, 5) is 10.7. The molecule has 0 fully saturated rings. The molecule has 0 saturated heterocycles. The van der Waals surface area contributed by atoms with Crippen molar-refractivity contribution in [1.29, 1.82) is 0 Å². The molecule has 0 saturated carbocycles. The third-order valence-electron chi connectivity index (χ3n) is 1.44. The zero-order valence-electron chi connectivity index (χ0n) is 7.37. The van der Waals surface area contributed by atoms with Gasteiger partial charge in [-0.1, -0.05) is 17.5 Å². The summed E-state index contributed by atoms with van der Waals surface area (Å²) in [5, 5.41) is 9.33. The molecule has 1 aromatic carbocycles. The van der Waals surface area contributed by atoms with E-state index >= 15 is 0 Å². The summed E-state index contributed by atoms with van der Waals surface area (Å²) < 4.78 is 4.33. The molecule has 0 radical (unpaired) electrons. The predicted molar refractivity (Wildman–Crippen MR) is 52.0 cm³/mol. The van der Waals surface area contributed by atoms with Crippen molar-refractivity contribution < 1.29 is 14.6 Å². The molecule has 0 heterocycles. The van der Waals surface area contributed by atoms with Gasteiger partial charge in [-0.2, -0.15) is 0 Å². The van der Waals surface area contributed by atoms with E-state index in [2.05, 4.69) is 16.6 Å². The van der Waals surface area contributed by atoms with Gasteiger partial charge >= 0.3 is 5.97 Å². The van der Waals surface area contributed by atoms with E-state index in [1.54, 1.807) is 0 Å². The molecule has 14 heavy (non-hydrogen) atoms. The van der Waals surface area contributed by atoms with Crippen LogP contribution in [0, 0.1) is 11.8 Å². The van der Waals surface area contributed by atoms with Gasteiger partial charge in [-0.15, -0.1) is 0 Å². The van der Waals surface area contributed by atoms with Crippen LogP contribution in [0.25, 0.3) is 0 Å². The van der Waals surface area contributed by atoms with E-state index < -0.39 is 5.97 Å². The molecule has 72 valence electrons. The van der Waals surface area contributed by atoms with Crippen LogP contribution < -0.4 is 0 Å². The minimum atomic E-state index is -0.630. The Morgan fingerprint density at radius 2 is 2.29 bits per heavy atom. The Morgan fingerprint density at radius 1 is 1.57 bits per heavy atom. The largest absolute Gasteiger partial charge is 0.508 e. The number of carbonyl (C=O) groups excluding carboxylic acids is 1. The molecule has 0 aliphatic carbocycles. The number of aromatic hydroxyl groups is 1. The Bertz CT molecular complexity index is 415. The lowest BCUT2D eigenvalue weighted by atomic mass is 10.2. The summed E-state index contributed by atoms with van der Waals surface area (Å²) in [5.74, 6) is 4.18. The number of rotatable bonds is 0. The summed E-state index contributed by atoms with van der Waals surface area (Å²) >= 11 is 5.74. The third-order valence-corrected chi connectivity index (χ3v) is 1.75. The van der Waals surface area contributed by atoms with E-state index in [4.69, 9.17) is 16.7 Å². The first kappa shape index (κ1) is 10.4. The van der Waals surface area contributed by atoms with Gasteiger partial charge in [-0.05, 0) is 18.2 Å². The minimum Gasteiger partial charge on any atom is -0.508 e. The summed E-state index contributed by atoms with van der Waals surface area (Å²) in [6, 6.07) is 4.31. The van der Waals surface area contributed by atoms with E-state index in [9.17, 15) is 4.79 Å². The van der Waals surface area contributed by atoms with E-state index in [-0.39, 0.29) is 5.75 Å². The number of methoxy groups -OCH3 is 1. The quantitative estimate of drug-likeness (QED) is 0.522. The summed E-state index contributed by atoms with van der Waals surface area (Å²) in [6.45, 7) is 0. The highest BCUT2D eigenvalue weighted by molar-refractivity contribution is 6.31. The average Bonchev–Trinajstić information content (AvgIpc) is 2.16. The van der Waals surface area contributed by atoms with Crippen molar-refractivity contribution in [3.63, 3.8) is 0 Å².